The van der Waals surface area contributed by atoms with Crippen molar-refractivity contribution in [3.8, 4) is 0 Å². The van der Waals surface area contributed by atoms with Gasteiger partial charge in [-0.2, -0.15) is 0 Å². The molecule has 0 spiro atoms. The molecule has 0 fully saturated rings. The predicted octanol–water partition coefficient (Wildman–Crippen LogP) is 3.91. The third kappa shape index (κ3) is 4.56. The average molecular weight is 318 g/mol. The number of rotatable bonds is 7. The van der Waals surface area contributed by atoms with E-state index in [9.17, 15) is 4.79 Å². The lowest BCUT2D eigenvalue weighted by Gasteiger charge is -2.17. The number of nitrogens with zero attached hydrogens (tertiary/aromatic N) is 1. The van der Waals surface area contributed by atoms with E-state index in [2.05, 4.69) is 17.2 Å². The van der Waals surface area contributed by atoms with Crippen LogP contribution in [-0.2, 0) is 9.53 Å². The third-order valence-corrected chi connectivity index (χ3v) is 4.55. The molecule has 0 saturated carbocycles. The first kappa shape index (κ1) is 16.5. The van der Waals surface area contributed by atoms with E-state index in [1.54, 1.807) is 11.3 Å². The van der Waals surface area contributed by atoms with Gasteiger partial charge in [-0.3, -0.25) is 4.79 Å². The van der Waals surface area contributed by atoms with E-state index in [-0.39, 0.29) is 11.9 Å². The van der Waals surface area contributed by atoms with Crippen molar-refractivity contribution in [3.05, 3.63) is 46.5 Å². The van der Waals surface area contributed by atoms with Crippen molar-refractivity contribution in [1.82, 2.24) is 4.98 Å². The van der Waals surface area contributed by atoms with Crippen LogP contribution in [0.25, 0.3) is 0 Å². The predicted molar refractivity (Wildman–Crippen MR) is 90.5 cm³/mol. The molecule has 1 aromatic carbocycles. The fourth-order valence-electron chi connectivity index (χ4n) is 2.21. The van der Waals surface area contributed by atoms with Crippen LogP contribution >= 0.6 is 11.3 Å². The molecule has 1 aromatic heterocycles. The molecule has 0 aliphatic carbocycles. The van der Waals surface area contributed by atoms with Crippen molar-refractivity contribution in [2.24, 2.45) is 0 Å². The Bertz CT molecular complexity index is 591. The van der Waals surface area contributed by atoms with Gasteiger partial charge in [0.15, 0.2) is 5.13 Å². The van der Waals surface area contributed by atoms with Gasteiger partial charge < -0.3 is 10.1 Å². The first-order chi connectivity index (χ1) is 10.6. The van der Waals surface area contributed by atoms with Crippen molar-refractivity contribution in [1.29, 1.82) is 0 Å². The van der Waals surface area contributed by atoms with Gasteiger partial charge in [0.1, 0.15) is 0 Å². The molecule has 0 aliphatic rings. The van der Waals surface area contributed by atoms with Crippen LogP contribution < -0.4 is 5.32 Å². The second-order valence-corrected chi connectivity index (χ2v) is 6.36. The lowest BCUT2D eigenvalue weighted by molar-refractivity contribution is -0.143. The minimum Gasteiger partial charge on any atom is -0.466 e. The van der Waals surface area contributed by atoms with Crippen LogP contribution in [0.2, 0.25) is 0 Å². The Hall–Kier alpha value is -1.88. The van der Waals surface area contributed by atoms with Gasteiger partial charge in [-0.1, -0.05) is 30.3 Å². The van der Waals surface area contributed by atoms with E-state index in [4.69, 9.17) is 4.74 Å². The maximum absolute atomic E-state index is 11.8. The van der Waals surface area contributed by atoms with E-state index in [0.29, 0.717) is 19.6 Å². The highest BCUT2D eigenvalue weighted by atomic mass is 32.1. The molecule has 118 valence electrons. The lowest BCUT2D eigenvalue weighted by Crippen LogP contribution is -2.18. The summed E-state index contributed by atoms with van der Waals surface area (Å²) in [5.74, 6) is -0.0885. The Morgan fingerprint density at radius 3 is 2.64 bits per heavy atom. The van der Waals surface area contributed by atoms with Gasteiger partial charge in [-0.25, -0.2) is 4.98 Å². The van der Waals surface area contributed by atoms with Gasteiger partial charge in [-0.15, -0.1) is 11.3 Å². The zero-order chi connectivity index (χ0) is 15.9. The summed E-state index contributed by atoms with van der Waals surface area (Å²) in [6.45, 7) is 6.97. The number of nitrogens with one attached hydrogen (secondary N) is 1. The fraction of sp³-hybridized carbons (Fsp3) is 0.412. The molecule has 0 radical (unpaired) electrons. The topological polar surface area (TPSA) is 51.2 Å². The smallest absolute Gasteiger partial charge is 0.306 e. The fourth-order valence-corrected chi connectivity index (χ4v) is 3.03. The van der Waals surface area contributed by atoms with Crippen molar-refractivity contribution in [2.75, 3.05) is 18.5 Å². The first-order valence-electron chi connectivity index (χ1n) is 7.48. The van der Waals surface area contributed by atoms with Gasteiger partial charge in [0.2, 0.25) is 0 Å². The standard InChI is InChI=1S/C17H22N2O2S/c1-4-21-16(20)10-15(14-8-6-5-7-9-14)11-18-17-19-12(2)13(3)22-17/h5-9,15H,4,10-11H2,1-3H3,(H,18,19). The van der Waals surface area contributed by atoms with Crippen LogP contribution in [0.4, 0.5) is 5.13 Å². The summed E-state index contributed by atoms with van der Waals surface area (Å²) in [6.07, 6.45) is 0.369. The van der Waals surface area contributed by atoms with Crippen molar-refractivity contribution < 1.29 is 9.53 Å². The molecular formula is C17H22N2O2S. The lowest BCUT2D eigenvalue weighted by atomic mass is 9.96. The third-order valence-electron chi connectivity index (χ3n) is 3.52. The van der Waals surface area contributed by atoms with Gasteiger partial charge in [-0.05, 0) is 26.3 Å². The molecule has 1 unspecified atom stereocenters. The van der Waals surface area contributed by atoms with Crippen LogP contribution in [0.5, 0.6) is 0 Å². The summed E-state index contributed by atoms with van der Waals surface area (Å²) >= 11 is 1.64. The Kier molecular flexibility index (Phi) is 5.95. The van der Waals surface area contributed by atoms with E-state index in [0.717, 1.165) is 16.4 Å². The first-order valence-corrected chi connectivity index (χ1v) is 8.30. The number of aromatic nitrogens is 1. The van der Waals surface area contributed by atoms with Gasteiger partial charge >= 0.3 is 5.97 Å². The maximum atomic E-state index is 11.8. The molecule has 0 amide bonds. The van der Waals surface area contributed by atoms with Gasteiger partial charge in [0.05, 0.1) is 18.7 Å². The molecule has 0 bridgehead atoms. The van der Waals surface area contributed by atoms with Crippen LogP contribution in [0, 0.1) is 13.8 Å². The monoisotopic (exact) mass is 318 g/mol. The summed E-state index contributed by atoms with van der Waals surface area (Å²) in [5.41, 5.74) is 2.18. The number of anilines is 1. The number of ether oxygens (including phenoxy) is 1. The molecular weight excluding hydrogens is 296 g/mol. The van der Waals surface area contributed by atoms with Crippen molar-refractivity contribution in [3.63, 3.8) is 0 Å². The zero-order valence-electron chi connectivity index (χ0n) is 13.3. The highest BCUT2D eigenvalue weighted by molar-refractivity contribution is 7.15. The maximum Gasteiger partial charge on any atom is 0.306 e. The molecule has 22 heavy (non-hydrogen) atoms. The highest BCUT2D eigenvalue weighted by Gasteiger charge is 2.17. The average Bonchev–Trinajstić information content (AvgIpc) is 2.83. The number of aryl methyl sites for hydroxylation is 2. The second kappa shape index (κ2) is 7.94. The summed E-state index contributed by atoms with van der Waals surface area (Å²) in [6, 6.07) is 10.1. The number of carbonyl (C=O) groups is 1. The SMILES string of the molecule is CCOC(=O)CC(CNc1nc(C)c(C)s1)c1ccccc1. The zero-order valence-corrected chi connectivity index (χ0v) is 14.1. The Morgan fingerprint density at radius 1 is 1.32 bits per heavy atom. The van der Waals surface area contributed by atoms with Crippen molar-refractivity contribution in [2.45, 2.75) is 33.1 Å². The van der Waals surface area contributed by atoms with Gasteiger partial charge in [0.25, 0.3) is 0 Å². The Morgan fingerprint density at radius 2 is 2.05 bits per heavy atom. The number of hydrogen-bond donors (Lipinski definition) is 1. The summed E-state index contributed by atoms with van der Waals surface area (Å²) in [7, 11) is 0. The second-order valence-electron chi connectivity index (χ2n) is 5.16. The van der Waals surface area contributed by atoms with Crippen LogP contribution in [0.3, 0.4) is 0 Å². The molecule has 1 heterocycles. The van der Waals surface area contributed by atoms with Crippen LogP contribution in [-0.4, -0.2) is 24.1 Å². The number of thiazole rings is 1. The summed E-state index contributed by atoms with van der Waals surface area (Å²) < 4.78 is 5.09. The molecule has 2 rings (SSSR count). The number of esters is 1. The number of carbonyl (C=O) groups excluding carboxylic acids is 1. The van der Waals surface area contributed by atoms with Crippen LogP contribution in [0.1, 0.15) is 35.4 Å². The van der Waals surface area contributed by atoms with Crippen molar-refractivity contribution >= 4 is 22.4 Å². The highest BCUT2D eigenvalue weighted by Crippen LogP contribution is 2.24. The van der Waals surface area contributed by atoms with Crippen LogP contribution in [0.15, 0.2) is 30.3 Å². The van der Waals surface area contributed by atoms with E-state index >= 15 is 0 Å². The minimum atomic E-state index is -0.162. The number of hydrogen-bond acceptors (Lipinski definition) is 5. The Labute approximate surface area is 135 Å². The van der Waals surface area contributed by atoms with E-state index < -0.39 is 0 Å². The van der Waals surface area contributed by atoms with E-state index in [1.807, 2.05) is 44.2 Å². The molecule has 4 nitrogen and oxygen atoms in total. The van der Waals surface area contributed by atoms with Gasteiger partial charge in [0, 0.05) is 17.3 Å². The number of benzene rings is 1. The quantitative estimate of drug-likeness (QED) is 0.786. The molecule has 0 aliphatic heterocycles. The Balaban J connectivity index is 2.05. The molecule has 0 saturated heterocycles. The normalized spacial score (nSPS) is 12.0. The largest absolute Gasteiger partial charge is 0.466 e. The van der Waals surface area contributed by atoms with E-state index in [1.165, 1.54) is 4.88 Å². The molecule has 5 heteroatoms. The molecule has 2 aromatic rings. The summed E-state index contributed by atoms with van der Waals surface area (Å²) in [5, 5.41) is 4.25. The molecule has 1 N–H and O–H groups in total. The summed E-state index contributed by atoms with van der Waals surface area (Å²) in [4.78, 5) is 17.5. The minimum absolute atomic E-state index is 0.0739. The molecule has 1 atom stereocenters.